The van der Waals surface area contributed by atoms with Crippen LogP contribution in [-0.4, -0.2) is 25.3 Å². The molecule has 2 nitrogen and oxygen atoms in total. The zero-order valence-corrected chi connectivity index (χ0v) is 12.4. The summed E-state index contributed by atoms with van der Waals surface area (Å²) < 4.78 is 6.20. The normalized spacial score (nSPS) is 66.0. The molecule has 110 valence electrons. The van der Waals surface area contributed by atoms with Crippen LogP contribution >= 0.6 is 0 Å². The molecular weight excluding hydrogens is 246 g/mol. The lowest BCUT2D eigenvalue weighted by Crippen LogP contribution is -2.65. The molecule has 3 heterocycles. The van der Waals surface area contributed by atoms with Crippen molar-refractivity contribution in [3.05, 3.63) is 0 Å². The highest BCUT2D eigenvalue weighted by Gasteiger charge is 2.70. The summed E-state index contributed by atoms with van der Waals surface area (Å²) in [5.41, 5.74) is 0.708. The quantitative estimate of drug-likeness (QED) is 0.733. The first-order chi connectivity index (χ1) is 9.88. The summed E-state index contributed by atoms with van der Waals surface area (Å²) in [6.07, 6.45) is 11.0. The molecule has 0 unspecified atom stereocenters. The minimum atomic E-state index is 0.621. The maximum absolute atomic E-state index is 6.20. The maximum Gasteiger partial charge on any atom is 0.0578 e. The van der Waals surface area contributed by atoms with Gasteiger partial charge in [-0.05, 0) is 86.0 Å². The van der Waals surface area contributed by atoms with E-state index in [0.717, 1.165) is 48.2 Å². The van der Waals surface area contributed by atoms with Gasteiger partial charge in [0.1, 0.15) is 0 Å². The Kier molecular flexibility index (Phi) is 2.08. The molecule has 9 atom stereocenters. The van der Waals surface area contributed by atoms with Crippen molar-refractivity contribution in [1.82, 2.24) is 5.32 Å². The summed E-state index contributed by atoms with van der Waals surface area (Å²) in [4.78, 5) is 0. The first-order valence-electron chi connectivity index (χ1n) is 9.23. The van der Waals surface area contributed by atoms with Crippen LogP contribution in [0.2, 0.25) is 0 Å². The van der Waals surface area contributed by atoms with Gasteiger partial charge in [0.15, 0.2) is 0 Å². The molecule has 7 rings (SSSR count). The molecule has 4 aliphatic carbocycles. The minimum absolute atomic E-state index is 0.621. The Labute approximate surface area is 122 Å². The van der Waals surface area contributed by atoms with Crippen LogP contribution in [0.5, 0.6) is 0 Å². The number of hydrogen-bond donors (Lipinski definition) is 1. The highest BCUT2D eigenvalue weighted by Crippen LogP contribution is 2.71. The number of hydrogen-bond acceptors (Lipinski definition) is 2. The smallest absolute Gasteiger partial charge is 0.0578 e. The van der Waals surface area contributed by atoms with Gasteiger partial charge >= 0.3 is 0 Å². The Balaban J connectivity index is 1.54. The van der Waals surface area contributed by atoms with E-state index in [1.165, 1.54) is 38.6 Å². The van der Waals surface area contributed by atoms with Crippen molar-refractivity contribution in [2.45, 2.75) is 57.1 Å². The molecule has 20 heavy (non-hydrogen) atoms. The fourth-order valence-corrected chi connectivity index (χ4v) is 8.35. The largest absolute Gasteiger partial charge is 0.378 e. The van der Waals surface area contributed by atoms with E-state index in [4.69, 9.17) is 4.74 Å². The van der Waals surface area contributed by atoms with Crippen LogP contribution in [-0.2, 0) is 4.74 Å². The average Bonchev–Trinajstić information content (AvgIpc) is 2.70. The van der Waals surface area contributed by atoms with Crippen LogP contribution in [0.15, 0.2) is 0 Å². The van der Waals surface area contributed by atoms with Gasteiger partial charge in [-0.15, -0.1) is 0 Å². The Morgan fingerprint density at radius 1 is 0.950 bits per heavy atom. The molecule has 7 fully saturated rings. The molecule has 4 saturated carbocycles. The molecule has 7 aliphatic rings. The predicted octanol–water partition coefficient (Wildman–Crippen LogP) is 2.83. The molecule has 0 aromatic heterocycles. The average molecular weight is 273 g/mol. The SMILES string of the molecule is C1C[C@H]2CN[C@@H]3[C@@H]4C[C@H]2[C@@]3(C1)[C@@H]1C[C@@H]2CC[C@H]4[C@H]1CO2. The molecule has 0 aromatic rings. The van der Waals surface area contributed by atoms with E-state index >= 15 is 0 Å². The van der Waals surface area contributed by atoms with Crippen LogP contribution in [0.25, 0.3) is 0 Å². The monoisotopic (exact) mass is 273 g/mol. The summed E-state index contributed by atoms with van der Waals surface area (Å²) in [6.45, 7) is 2.46. The number of rotatable bonds is 0. The highest BCUT2D eigenvalue weighted by atomic mass is 16.5. The van der Waals surface area contributed by atoms with Gasteiger partial charge in [0.25, 0.3) is 0 Å². The van der Waals surface area contributed by atoms with E-state index in [9.17, 15) is 0 Å². The van der Waals surface area contributed by atoms with Gasteiger partial charge in [-0.3, -0.25) is 0 Å². The summed E-state index contributed by atoms with van der Waals surface area (Å²) in [7, 11) is 0. The first kappa shape index (κ1) is 11.5. The molecule has 0 radical (unpaired) electrons. The van der Waals surface area contributed by atoms with Gasteiger partial charge in [0, 0.05) is 6.04 Å². The summed E-state index contributed by atoms with van der Waals surface area (Å²) in [6, 6.07) is 0.896. The number of piperidine rings is 1. The Morgan fingerprint density at radius 3 is 2.95 bits per heavy atom. The van der Waals surface area contributed by atoms with E-state index in [1.54, 1.807) is 12.8 Å². The summed E-state index contributed by atoms with van der Waals surface area (Å²) in [5.74, 6) is 6.05. The zero-order valence-electron chi connectivity index (χ0n) is 12.4. The number of fused-ring (bicyclic) bond motifs is 2. The van der Waals surface area contributed by atoms with Crippen molar-refractivity contribution in [2.24, 2.45) is 40.9 Å². The molecule has 2 heteroatoms. The van der Waals surface area contributed by atoms with E-state index in [1.807, 2.05) is 0 Å². The van der Waals surface area contributed by atoms with Crippen molar-refractivity contribution in [3.8, 4) is 0 Å². The van der Waals surface area contributed by atoms with Gasteiger partial charge < -0.3 is 10.1 Å². The van der Waals surface area contributed by atoms with E-state index < -0.39 is 0 Å². The van der Waals surface area contributed by atoms with Gasteiger partial charge in [0.05, 0.1) is 12.7 Å². The lowest BCUT2D eigenvalue weighted by molar-refractivity contribution is -0.153. The highest BCUT2D eigenvalue weighted by molar-refractivity contribution is 5.21. The Hall–Kier alpha value is -0.0800. The second-order valence-electron chi connectivity index (χ2n) is 8.86. The number of nitrogens with one attached hydrogen (secondary N) is 1. The van der Waals surface area contributed by atoms with Gasteiger partial charge in [-0.1, -0.05) is 6.42 Å². The van der Waals surface area contributed by atoms with Gasteiger partial charge in [0.2, 0.25) is 0 Å². The van der Waals surface area contributed by atoms with Crippen molar-refractivity contribution >= 4 is 0 Å². The fraction of sp³-hybridized carbons (Fsp3) is 1.00. The van der Waals surface area contributed by atoms with Gasteiger partial charge in [-0.25, -0.2) is 0 Å². The Morgan fingerprint density at radius 2 is 1.95 bits per heavy atom. The summed E-state index contributed by atoms with van der Waals surface area (Å²) in [5, 5.41) is 4.08. The van der Waals surface area contributed by atoms with Crippen LogP contribution in [0.3, 0.4) is 0 Å². The third-order valence-electron chi connectivity index (χ3n) is 8.75. The minimum Gasteiger partial charge on any atom is -0.378 e. The third-order valence-corrected chi connectivity index (χ3v) is 8.75. The molecule has 9 bridgehead atoms. The first-order valence-corrected chi connectivity index (χ1v) is 9.23. The standard InChI is InChI=1S/C18H27NO/c1-2-10-8-19-17-13-7-15(10)18(17,5-1)16-6-11-3-4-12(13)14(16)9-20-11/h10-17,19H,1-9H2/t10-,11-,12+,13+,14+,15+,16+,17+,18-/m0/s1. The molecule has 3 saturated heterocycles. The van der Waals surface area contributed by atoms with E-state index in [-0.39, 0.29) is 0 Å². The third kappa shape index (κ3) is 1.11. The van der Waals surface area contributed by atoms with Crippen LogP contribution in [0, 0.1) is 40.9 Å². The maximum atomic E-state index is 6.20. The van der Waals surface area contributed by atoms with Crippen molar-refractivity contribution in [2.75, 3.05) is 13.2 Å². The fourth-order valence-electron chi connectivity index (χ4n) is 8.35. The van der Waals surface area contributed by atoms with Crippen molar-refractivity contribution in [3.63, 3.8) is 0 Å². The molecule has 3 aliphatic heterocycles. The van der Waals surface area contributed by atoms with Crippen LogP contribution in [0.4, 0.5) is 0 Å². The lowest BCUT2D eigenvalue weighted by atomic mass is 9.48. The van der Waals surface area contributed by atoms with Crippen LogP contribution in [0.1, 0.15) is 44.9 Å². The summed E-state index contributed by atoms with van der Waals surface area (Å²) >= 11 is 0. The van der Waals surface area contributed by atoms with E-state index in [2.05, 4.69) is 5.32 Å². The van der Waals surface area contributed by atoms with Gasteiger partial charge in [-0.2, -0.15) is 0 Å². The lowest BCUT2D eigenvalue weighted by Gasteiger charge is -2.62. The zero-order chi connectivity index (χ0) is 12.9. The van der Waals surface area contributed by atoms with Crippen LogP contribution < -0.4 is 5.32 Å². The molecular formula is C18H27NO. The predicted molar refractivity (Wildman–Crippen MR) is 77.2 cm³/mol. The van der Waals surface area contributed by atoms with E-state index in [0.29, 0.717) is 11.5 Å². The number of ether oxygens (including phenoxy) is 1. The topological polar surface area (TPSA) is 21.3 Å². The molecule has 1 N–H and O–H groups in total. The Bertz CT molecular complexity index is 451. The van der Waals surface area contributed by atoms with Crippen molar-refractivity contribution in [1.29, 1.82) is 0 Å². The second-order valence-corrected chi connectivity index (χ2v) is 8.86. The molecule has 0 aromatic carbocycles. The van der Waals surface area contributed by atoms with Crippen molar-refractivity contribution < 1.29 is 4.74 Å². The molecule has 0 amide bonds. The second kappa shape index (κ2) is 3.63. The molecule has 1 spiro atoms.